The lowest BCUT2D eigenvalue weighted by Gasteiger charge is -2.21. The van der Waals surface area contributed by atoms with Crippen molar-refractivity contribution in [1.82, 2.24) is 9.97 Å². The molecule has 0 radical (unpaired) electrons. The molecule has 1 aromatic heterocycles. The molecule has 3 nitrogen and oxygen atoms in total. The van der Waals surface area contributed by atoms with E-state index in [1.165, 1.54) is 17.5 Å². The lowest BCUT2D eigenvalue weighted by Crippen LogP contribution is -2.20. The van der Waals surface area contributed by atoms with Crippen molar-refractivity contribution in [2.45, 2.75) is 33.2 Å². The van der Waals surface area contributed by atoms with Crippen LogP contribution in [-0.2, 0) is 13.0 Å². The molecular weight excluding hydrogens is 270 g/mol. The Hall–Kier alpha value is -1.61. The number of aromatic nitrogens is 2. The average molecular weight is 290 g/mol. The van der Waals surface area contributed by atoms with Gasteiger partial charge in [-0.1, -0.05) is 54.8 Å². The fraction of sp³-hybridized carbons (Fsp3) is 0.375. The molecule has 0 saturated heterocycles. The maximum Gasteiger partial charge on any atom is 0.137 e. The summed E-state index contributed by atoms with van der Waals surface area (Å²) in [5, 5.41) is 0.563. The fourth-order valence-electron chi connectivity index (χ4n) is 2.22. The van der Waals surface area contributed by atoms with Crippen molar-refractivity contribution in [2.75, 3.05) is 11.9 Å². The van der Waals surface area contributed by atoms with Gasteiger partial charge in [0.05, 0.1) is 0 Å². The minimum Gasteiger partial charge on any atom is -0.355 e. The highest BCUT2D eigenvalue weighted by molar-refractivity contribution is 6.30. The Morgan fingerprint density at radius 3 is 2.50 bits per heavy atom. The molecule has 0 bridgehead atoms. The summed E-state index contributed by atoms with van der Waals surface area (Å²) in [4.78, 5) is 10.6. The van der Waals surface area contributed by atoms with Crippen LogP contribution in [0.2, 0.25) is 5.15 Å². The van der Waals surface area contributed by atoms with Gasteiger partial charge in [0.2, 0.25) is 0 Å². The summed E-state index contributed by atoms with van der Waals surface area (Å²) in [7, 11) is 2.04. The average Bonchev–Trinajstić information content (AvgIpc) is 2.43. The Bertz CT molecular complexity index is 566. The highest BCUT2D eigenvalue weighted by Crippen LogP contribution is 2.25. The summed E-state index contributed by atoms with van der Waals surface area (Å²) in [6, 6.07) is 8.55. The van der Waals surface area contributed by atoms with Crippen LogP contribution in [0.15, 0.2) is 30.6 Å². The van der Waals surface area contributed by atoms with Gasteiger partial charge in [-0.25, -0.2) is 9.97 Å². The Labute approximate surface area is 125 Å². The number of rotatable bonds is 5. The molecule has 0 unspecified atom stereocenters. The molecule has 0 fully saturated rings. The molecule has 0 aliphatic rings. The van der Waals surface area contributed by atoms with Gasteiger partial charge in [0, 0.05) is 19.2 Å². The van der Waals surface area contributed by atoms with E-state index in [1.807, 2.05) is 7.05 Å². The topological polar surface area (TPSA) is 29.0 Å². The highest BCUT2D eigenvalue weighted by Gasteiger charge is 2.13. The van der Waals surface area contributed by atoms with Crippen LogP contribution < -0.4 is 4.90 Å². The van der Waals surface area contributed by atoms with E-state index in [4.69, 9.17) is 11.6 Å². The van der Waals surface area contributed by atoms with Crippen molar-refractivity contribution >= 4 is 17.4 Å². The summed E-state index contributed by atoms with van der Waals surface area (Å²) >= 11 is 6.20. The van der Waals surface area contributed by atoms with E-state index in [9.17, 15) is 0 Å². The van der Waals surface area contributed by atoms with Crippen LogP contribution in [-0.4, -0.2) is 17.0 Å². The summed E-state index contributed by atoms with van der Waals surface area (Å²) in [5.41, 5.74) is 3.56. The molecular formula is C16H20ClN3. The van der Waals surface area contributed by atoms with Gasteiger partial charge < -0.3 is 4.90 Å². The maximum atomic E-state index is 6.20. The first kappa shape index (κ1) is 14.8. The molecule has 2 aromatic rings. The van der Waals surface area contributed by atoms with Gasteiger partial charge >= 0.3 is 0 Å². The van der Waals surface area contributed by atoms with Gasteiger partial charge in [-0.15, -0.1) is 0 Å². The van der Waals surface area contributed by atoms with Crippen LogP contribution in [0.1, 0.15) is 30.0 Å². The predicted octanol–water partition coefficient (Wildman–Crippen LogP) is 4.03. The second-order valence-electron chi connectivity index (χ2n) is 5.06. The van der Waals surface area contributed by atoms with E-state index < -0.39 is 0 Å². The Morgan fingerprint density at radius 2 is 1.85 bits per heavy atom. The number of aryl methyl sites for hydroxylation is 1. The zero-order valence-electron chi connectivity index (χ0n) is 12.2. The molecule has 1 heterocycles. The van der Waals surface area contributed by atoms with Crippen molar-refractivity contribution < 1.29 is 0 Å². The predicted molar refractivity (Wildman–Crippen MR) is 84.3 cm³/mol. The van der Waals surface area contributed by atoms with E-state index in [0.29, 0.717) is 5.15 Å². The number of hydrogen-bond donors (Lipinski definition) is 0. The van der Waals surface area contributed by atoms with Gasteiger partial charge in [0.1, 0.15) is 17.3 Å². The third-order valence-electron chi connectivity index (χ3n) is 3.27. The summed E-state index contributed by atoms with van der Waals surface area (Å²) in [6.45, 7) is 5.04. The third kappa shape index (κ3) is 3.48. The largest absolute Gasteiger partial charge is 0.355 e. The van der Waals surface area contributed by atoms with Gasteiger partial charge in [-0.3, -0.25) is 0 Å². The fourth-order valence-corrected chi connectivity index (χ4v) is 2.44. The second-order valence-corrected chi connectivity index (χ2v) is 5.42. The monoisotopic (exact) mass is 289 g/mol. The van der Waals surface area contributed by atoms with Gasteiger partial charge in [0.15, 0.2) is 0 Å². The number of anilines is 1. The smallest absolute Gasteiger partial charge is 0.137 e. The molecule has 0 N–H and O–H groups in total. The van der Waals surface area contributed by atoms with E-state index in [-0.39, 0.29) is 0 Å². The zero-order chi connectivity index (χ0) is 14.5. The Morgan fingerprint density at radius 1 is 1.15 bits per heavy atom. The molecule has 1 aromatic carbocycles. The van der Waals surface area contributed by atoms with Crippen LogP contribution in [0.3, 0.4) is 0 Å². The van der Waals surface area contributed by atoms with Crippen LogP contribution in [0, 0.1) is 6.92 Å². The van der Waals surface area contributed by atoms with E-state index in [2.05, 4.69) is 53.0 Å². The van der Waals surface area contributed by atoms with Crippen LogP contribution in [0.25, 0.3) is 0 Å². The van der Waals surface area contributed by atoms with E-state index in [1.54, 1.807) is 0 Å². The van der Waals surface area contributed by atoms with Crippen LogP contribution >= 0.6 is 11.6 Å². The molecule has 20 heavy (non-hydrogen) atoms. The van der Waals surface area contributed by atoms with Crippen LogP contribution in [0.4, 0.5) is 5.82 Å². The summed E-state index contributed by atoms with van der Waals surface area (Å²) < 4.78 is 0. The van der Waals surface area contributed by atoms with Gasteiger partial charge in [0.25, 0.3) is 0 Å². The number of hydrogen-bond acceptors (Lipinski definition) is 3. The minimum absolute atomic E-state index is 0.563. The lowest BCUT2D eigenvalue weighted by atomic mass is 10.1. The number of benzene rings is 1. The maximum absolute atomic E-state index is 6.20. The van der Waals surface area contributed by atoms with Gasteiger partial charge in [-0.05, 0) is 18.9 Å². The minimum atomic E-state index is 0.563. The molecule has 0 saturated carbocycles. The summed E-state index contributed by atoms with van der Waals surface area (Å²) in [5.74, 6) is 0.924. The Kier molecular flexibility index (Phi) is 4.96. The molecule has 4 heteroatoms. The van der Waals surface area contributed by atoms with Crippen molar-refractivity contribution in [1.29, 1.82) is 0 Å². The highest BCUT2D eigenvalue weighted by atomic mass is 35.5. The first-order chi connectivity index (χ1) is 9.61. The first-order valence-corrected chi connectivity index (χ1v) is 7.25. The Balaban J connectivity index is 2.22. The zero-order valence-corrected chi connectivity index (χ0v) is 13.0. The standard InChI is InChI=1S/C16H20ClN3/c1-4-5-14-15(17)18-11-19-16(14)20(3)10-13-8-6-12(2)7-9-13/h6-9,11H,4-5,10H2,1-3H3. The van der Waals surface area contributed by atoms with E-state index in [0.717, 1.165) is 30.8 Å². The molecule has 0 aliphatic heterocycles. The molecule has 0 spiro atoms. The first-order valence-electron chi connectivity index (χ1n) is 6.88. The van der Waals surface area contributed by atoms with Crippen molar-refractivity contribution in [3.63, 3.8) is 0 Å². The SMILES string of the molecule is CCCc1c(Cl)ncnc1N(C)Cc1ccc(C)cc1. The molecule has 0 atom stereocenters. The number of halogens is 1. The summed E-state index contributed by atoms with van der Waals surface area (Å²) in [6.07, 6.45) is 3.45. The molecule has 0 amide bonds. The normalized spacial score (nSPS) is 10.6. The quantitative estimate of drug-likeness (QED) is 0.778. The van der Waals surface area contributed by atoms with Crippen molar-refractivity contribution in [2.24, 2.45) is 0 Å². The van der Waals surface area contributed by atoms with Crippen LogP contribution in [0.5, 0.6) is 0 Å². The molecule has 2 rings (SSSR count). The lowest BCUT2D eigenvalue weighted by molar-refractivity contribution is 0.842. The van der Waals surface area contributed by atoms with Crippen molar-refractivity contribution in [3.05, 3.63) is 52.4 Å². The molecule has 106 valence electrons. The second kappa shape index (κ2) is 6.71. The van der Waals surface area contributed by atoms with E-state index >= 15 is 0 Å². The molecule has 0 aliphatic carbocycles. The van der Waals surface area contributed by atoms with Crippen molar-refractivity contribution in [3.8, 4) is 0 Å². The number of nitrogens with zero attached hydrogens (tertiary/aromatic N) is 3. The van der Waals surface area contributed by atoms with Gasteiger partial charge in [-0.2, -0.15) is 0 Å². The third-order valence-corrected chi connectivity index (χ3v) is 3.60.